The first-order valence-corrected chi connectivity index (χ1v) is 10.6. The van der Waals surface area contributed by atoms with Gasteiger partial charge in [0.2, 0.25) is 0 Å². The molecule has 0 spiro atoms. The number of methoxy groups -OCH3 is 1. The van der Waals surface area contributed by atoms with Crippen LogP contribution >= 0.6 is 0 Å². The van der Waals surface area contributed by atoms with Crippen LogP contribution in [0.15, 0.2) is 59.6 Å². The van der Waals surface area contributed by atoms with Crippen LogP contribution in [0.1, 0.15) is 30.9 Å². The Kier molecular flexibility index (Phi) is 8.12. The summed E-state index contributed by atoms with van der Waals surface area (Å²) in [5, 5.41) is 3.37. The number of carbonyl (C=O) groups is 1. The Morgan fingerprint density at radius 3 is 2.40 bits per heavy atom. The highest BCUT2D eigenvalue weighted by atomic mass is 16.5. The fourth-order valence-corrected chi connectivity index (χ4v) is 3.52. The predicted octanol–water partition coefficient (Wildman–Crippen LogP) is 3.62. The highest BCUT2D eigenvalue weighted by Gasteiger charge is 2.26. The van der Waals surface area contributed by atoms with Crippen molar-refractivity contribution in [1.82, 2.24) is 10.2 Å². The SMILES string of the molecule is CCNC(=NCc1ccc(OCc2ccccc2)cc1)N1CCC(C(=O)OC)CC1. The molecule has 0 radical (unpaired) electrons. The smallest absolute Gasteiger partial charge is 0.308 e. The molecule has 0 saturated carbocycles. The second-order valence-corrected chi connectivity index (χ2v) is 7.37. The molecule has 1 aliphatic heterocycles. The van der Waals surface area contributed by atoms with Gasteiger partial charge in [-0.05, 0) is 43.0 Å². The molecule has 0 amide bonds. The van der Waals surface area contributed by atoms with Crippen molar-refractivity contribution < 1.29 is 14.3 Å². The lowest BCUT2D eigenvalue weighted by Gasteiger charge is -2.33. The molecule has 2 aromatic carbocycles. The zero-order chi connectivity index (χ0) is 21.2. The van der Waals surface area contributed by atoms with Crippen molar-refractivity contribution in [3.63, 3.8) is 0 Å². The van der Waals surface area contributed by atoms with E-state index in [0.29, 0.717) is 13.2 Å². The zero-order valence-electron chi connectivity index (χ0n) is 17.8. The molecule has 6 heteroatoms. The first-order chi connectivity index (χ1) is 14.7. The molecule has 0 atom stereocenters. The van der Waals surface area contributed by atoms with Crippen molar-refractivity contribution >= 4 is 11.9 Å². The lowest BCUT2D eigenvalue weighted by Crippen LogP contribution is -2.46. The van der Waals surface area contributed by atoms with Crippen LogP contribution in [0.3, 0.4) is 0 Å². The van der Waals surface area contributed by atoms with Gasteiger partial charge in [-0.25, -0.2) is 4.99 Å². The topological polar surface area (TPSA) is 63.2 Å². The summed E-state index contributed by atoms with van der Waals surface area (Å²) >= 11 is 0. The van der Waals surface area contributed by atoms with Gasteiger partial charge < -0.3 is 19.7 Å². The van der Waals surface area contributed by atoms with Gasteiger partial charge in [-0.3, -0.25) is 4.79 Å². The number of rotatable bonds is 7. The second kappa shape index (κ2) is 11.2. The third-order valence-electron chi connectivity index (χ3n) is 5.25. The maximum atomic E-state index is 11.7. The average Bonchev–Trinajstić information content (AvgIpc) is 2.81. The lowest BCUT2D eigenvalue weighted by atomic mass is 9.97. The monoisotopic (exact) mass is 409 g/mol. The number of aliphatic imine (C=N–C) groups is 1. The van der Waals surface area contributed by atoms with Crippen LogP contribution < -0.4 is 10.1 Å². The molecule has 0 aliphatic carbocycles. The second-order valence-electron chi connectivity index (χ2n) is 7.37. The number of nitrogens with zero attached hydrogens (tertiary/aromatic N) is 2. The standard InChI is InChI=1S/C24H31N3O3/c1-3-25-24(27-15-13-21(14-16-27)23(28)29-2)26-17-19-9-11-22(12-10-19)30-18-20-7-5-4-6-8-20/h4-12,21H,3,13-18H2,1-2H3,(H,25,26). The van der Waals surface area contributed by atoms with Crippen molar-refractivity contribution in [3.05, 3.63) is 65.7 Å². The number of likely N-dealkylation sites (tertiary alicyclic amines) is 1. The predicted molar refractivity (Wildman–Crippen MR) is 118 cm³/mol. The van der Waals surface area contributed by atoms with Crippen LogP contribution in [0.4, 0.5) is 0 Å². The van der Waals surface area contributed by atoms with E-state index in [2.05, 4.69) is 41.4 Å². The number of hydrogen-bond acceptors (Lipinski definition) is 4. The summed E-state index contributed by atoms with van der Waals surface area (Å²) in [6.45, 7) is 5.63. The van der Waals surface area contributed by atoms with Crippen molar-refractivity contribution in [3.8, 4) is 5.75 Å². The summed E-state index contributed by atoms with van der Waals surface area (Å²) in [6.07, 6.45) is 1.59. The number of ether oxygens (including phenoxy) is 2. The normalized spacial score (nSPS) is 15.0. The molecule has 1 aliphatic rings. The van der Waals surface area contributed by atoms with Gasteiger partial charge in [-0.1, -0.05) is 42.5 Å². The third kappa shape index (κ3) is 6.24. The van der Waals surface area contributed by atoms with Crippen molar-refractivity contribution in [2.45, 2.75) is 32.9 Å². The minimum atomic E-state index is -0.105. The number of guanidine groups is 1. The van der Waals surface area contributed by atoms with E-state index in [4.69, 9.17) is 14.5 Å². The first-order valence-electron chi connectivity index (χ1n) is 10.6. The zero-order valence-corrected chi connectivity index (χ0v) is 17.8. The molecule has 1 N–H and O–H groups in total. The number of nitrogens with one attached hydrogen (secondary N) is 1. The summed E-state index contributed by atoms with van der Waals surface area (Å²) in [7, 11) is 1.46. The highest BCUT2D eigenvalue weighted by molar-refractivity contribution is 5.80. The summed E-state index contributed by atoms with van der Waals surface area (Å²) in [5.74, 6) is 1.64. The molecule has 0 aromatic heterocycles. The van der Waals surface area contributed by atoms with E-state index in [9.17, 15) is 4.79 Å². The van der Waals surface area contributed by atoms with Gasteiger partial charge in [0.25, 0.3) is 0 Å². The van der Waals surface area contributed by atoms with E-state index >= 15 is 0 Å². The summed E-state index contributed by atoms with van der Waals surface area (Å²) in [6, 6.07) is 18.2. The molecule has 1 fully saturated rings. The molecule has 30 heavy (non-hydrogen) atoms. The molecule has 3 rings (SSSR count). The number of piperidine rings is 1. The van der Waals surface area contributed by atoms with Crippen LogP contribution in [0.5, 0.6) is 5.75 Å². The van der Waals surface area contributed by atoms with Crippen LogP contribution in [0.2, 0.25) is 0 Å². The van der Waals surface area contributed by atoms with E-state index in [1.54, 1.807) is 0 Å². The first kappa shape index (κ1) is 21.7. The Morgan fingerprint density at radius 1 is 1.07 bits per heavy atom. The highest BCUT2D eigenvalue weighted by Crippen LogP contribution is 2.19. The molecule has 1 heterocycles. The van der Waals surface area contributed by atoms with E-state index in [-0.39, 0.29) is 11.9 Å². The lowest BCUT2D eigenvalue weighted by molar-refractivity contribution is -0.146. The van der Waals surface area contributed by atoms with Crippen molar-refractivity contribution in [1.29, 1.82) is 0 Å². The quantitative estimate of drug-likeness (QED) is 0.430. The Bertz CT molecular complexity index is 813. The van der Waals surface area contributed by atoms with E-state index in [0.717, 1.165) is 55.3 Å². The van der Waals surface area contributed by atoms with Gasteiger partial charge in [-0.2, -0.15) is 0 Å². The van der Waals surface area contributed by atoms with Gasteiger partial charge in [0, 0.05) is 19.6 Å². The number of benzene rings is 2. The van der Waals surface area contributed by atoms with Gasteiger partial charge in [-0.15, -0.1) is 0 Å². The maximum absolute atomic E-state index is 11.7. The van der Waals surface area contributed by atoms with Gasteiger partial charge in [0.1, 0.15) is 12.4 Å². The van der Waals surface area contributed by atoms with Crippen LogP contribution in [0.25, 0.3) is 0 Å². The van der Waals surface area contributed by atoms with Crippen LogP contribution in [0, 0.1) is 5.92 Å². The Balaban J connectivity index is 1.53. The minimum absolute atomic E-state index is 0.00226. The van der Waals surface area contributed by atoms with E-state index < -0.39 is 0 Å². The van der Waals surface area contributed by atoms with Crippen LogP contribution in [-0.2, 0) is 22.7 Å². The molecule has 160 valence electrons. The number of hydrogen-bond donors (Lipinski definition) is 1. The minimum Gasteiger partial charge on any atom is -0.489 e. The Labute approximate surface area is 178 Å². The molecule has 0 bridgehead atoms. The molecular weight excluding hydrogens is 378 g/mol. The van der Waals surface area contributed by atoms with Gasteiger partial charge >= 0.3 is 5.97 Å². The number of carbonyl (C=O) groups excluding carboxylic acids is 1. The average molecular weight is 410 g/mol. The number of esters is 1. The van der Waals surface area contributed by atoms with Gasteiger partial charge in [0.15, 0.2) is 5.96 Å². The Morgan fingerprint density at radius 2 is 1.77 bits per heavy atom. The summed E-state index contributed by atoms with van der Waals surface area (Å²) in [5.41, 5.74) is 2.28. The molecule has 2 aromatic rings. The fourth-order valence-electron chi connectivity index (χ4n) is 3.52. The van der Waals surface area contributed by atoms with E-state index in [1.165, 1.54) is 7.11 Å². The maximum Gasteiger partial charge on any atom is 0.308 e. The van der Waals surface area contributed by atoms with Crippen LogP contribution in [-0.4, -0.2) is 43.6 Å². The summed E-state index contributed by atoms with van der Waals surface area (Å²) in [4.78, 5) is 18.8. The molecule has 6 nitrogen and oxygen atoms in total. The summed E-state index contributed by atoms with van der Waals surface area (Å²) < 4.78 is 10.7. The molecular formula is C24H31N3O3. The van der Waals surface area contributed by atoms with Crippen molar-refractivity contribution in [2.75, 3.05) is 26.7 Å². The van der Waals surface area contributed by atoms with E-state index in [1.807, 2.05) is 30.3 Å². The Hall–Kier alpha value is -3.02. The van der Waals surface area contributed by atoms with Crippen molar-refractivity contribution in [2.24, 2.45) is 10.9 Å². The largest absolute Gasteiger partial charge is 0.489 e. The molecule has 0 unspecified atom stereocenters. The fraction of sp³-hybridized carbons (Fsp3) is 0.417. The third-order valence-corrected chi connectivity index (χ3v) is 5.25. The molecule has 1 saturated heterocycles. The van der Waals surface area contributed by atoms with Gasteiger partial charge in [0.05, 0.1) is 19.6 Å².